The minimum Gasteiger partial charge on any atom is -0.263 e. The molecule has 54 valence electrons. The van der Waals surface area contributed by atoms with E-state index in [2.05, 4.69) is 16.8 Å². The molecule has 0 radical (unpaired) electrons. The van der Waals surface area contributed by atoms with E-state index in [0.29, 0.717) is 5.92 Å². The van der Waals surface area contributed by atoms with E-state index in [4.69, 9.17) is 0 Å². The molecule has 1 heteroatoms. The van der Waals surface area contributed by atoms with Gasteiger partial charge in [0.1, 0.15) is 0 Å². The van der Waals surface area contributed by atoms with E-state index in [1.54, 1.807) is 12.4 Å². The first kappa shape index (κ1) is 6.42. The summed E-state index contributed by atoms with van der Waals surface area (Å²) in [6, 6.07) is 3.90. The number of hydrogen-bond donors (Lipinski definition) is 0. The predicted octanol–water partition coefficient (Wildman–Crippen LogP) is 1.84. The lowest BCUT2D eigenvalue weighted by Crippen LogP contribution is -1.75. The van der Waals surface area contributed by atoms with Crippen LogP contribution in [-0.2, 0) is 0 Å². The Morgan fingerprint density at radius 2 is 2.36 bits per heavy atom. The van der Waals surface area contributed by atoms with Gasteiger partial charge in [-0.2, -0.15) is 0 Å². The van der Waals surface area contributed by atoms with E-state index < -0.39 is 0 Å². The van der Waals surface area contributed by atoms with Crippen molar-refractivity contribution in [1.29, 1.82) is 0 Å². The molecule has 0 N–H and O–H groups in total. The van der Waals surface area contributed by atoms with Gasteiger partial charge in [-0.3, -0.25) is 4.98 Å². The van der Waals surface area contributed by atoms with Crippen molar-refractivity contribution in [2.45, 2.75) is 12.8 Å². The summed E-state index contributed by atoms with van der Waals surface area (Å²) in [6.45, 7) is 0. The molecule has 1 aliphatic carbocycles. The quantitative estimate of drug-likeness (QED) is 0.505. The minimum atomic E-state index is 0.676. The highest BCUT2D eigenvalue weighted by molar-refractivity contribution is 5.32. The molecular weight excluding hydrogens is 134 g/mol. The Morgan fingerprint density at radius 1 is 1.45 bits per heavy atom. The molecule has 0 amide bonds. The van der Waals surface area contributed by atoms with Crippen LogP contribution >= 0.6 is 0 Å². The van der Waals surface area contributed by atoms with Crippen molar-refractivity contribution in [1.82, 2.24) is 4.98 Å². The van der Waals surface area contributed by atoms with Crippen LogP contribution in [0.25, 0.3) is 0 Å². The average Bonchev–Trinajstić information content (AvgIpc) is 2.86. The highest BCUT2D eigenvalue weighted by Gasteiger charge is 2.17. The lowest BCUT2D eigenvalue weighted by atomic mass is 10.3. The summed E-state index contributed by atoms with van der Waals surface area (Å²) < 4.78 is 0. The van der Waals surface area contributed by atoms with Gasteiger partial charge in [0, 0.05) is 23.9 Å². The Bertz CT molecular complexity index is 288. The van der Waals surface area contributed by atoms with Crippen LogP contribution in [0.5, 0.6) is 0 Å². The fraction of sp³-hybridized carbons (Fsp3) is 0.300. The molecule has 1 nitrogen and oxygen atoms in total. The second-order valence-corrected chi connectivity index (χ2v) is 2.79. The zero-order chi connectivity index (χ0) is 7.52. The number of nitrogens with zero attached hydrogens (tertiary/aromatic N) is 1. The number of rotatable bonds is 0. The first-order valence-electron chi connectivity index (χ1n) is 3.87. The van der Waals surface area contributed by atoms with Gasteiger partial charge >= 0.3 is 0 Å². The monoisotopic (exact) mass is 143 g/mol. The Hall–Kier alpha value is -1.29. The van der Waals surface area contributed by atoms with Crippen molar-refractivity contribution < 1.29 is 0 Å². The fourth-order valence-corrected chi connectivity index (χ4v) is 0.850. The molecule has 1 fully saturated rings. The summed E-state index contributed by atoms with van der Waals surface area (Å²) in [5.74, 6) is 6.95. The maximum absolute atomic E-state index is 3.98. The SMILES string of the molecule is C(#CC1CC1)c1cccnc1. The van der Waals surface area contributed by atoms with Crippen molar-refractivity contribution in [2.24, 2.45) is 5.92 Å². The summed E-state index contributed by atoms with van der Waals surface area (Å²) in [6.07, 6.45) is 6.14. The van der Waals surface area contributed by atoms with E-state index in [1.807, 2.05) is 12.1 Å². The molecule has 0 spiro atoms. The highest BCUT2D eigenvalue weighted by atomic mass is 14.6. The standard InChI is InChI=1S/C10H9N/c1-2-10(8-11-7-1)6-5-9-3-4-9/h1-2,7-9H,3-4H2. The maximum atomic E-state index is 3.98. The second-order valence-electron chi connectivity index (χ2n) is 2.79. The zero-order valence-electron chi connectivity index (χ0n) is 6.25. The van der Waals surface area contributed by atoms with E-state index in [1.165, 1.54) is 12.8 Å². The maximum Gasteiger partial charge on any atom is 0.0428 e. The second kappa shape index (κ2) is 2.75. The van der Waals surface area contributed by atoms with Gasteiger partial charge in [0.2, 0.25) is 0 Å². The summed E-state index contributed by atoms with van der Waals surface area (Å²) >= 11 is 0. The van der Waals surface area contributed by atoms with Crippen LogP contribution in [0, 0.1) is 17.8 Å². The van der Waals surface area contributed by atoms with Crippen molar-refractivity contribution in [3.05, 3.63) is 30.1 Å². The molecule has 0 unspecified atom stereocenters. The van der Waals surface area contributed by atoms with Gasteiger partial charge in [-0.15, -0.1) is 0 Å². The molecular formula is C10H9N. The van der Waals surface area contributed by atoms with E-state index >= 15 is 0 Å². The van der Waals surface area contributed by atoms with Crippen molar-refractivity contribution in [2.75, 3.05) is 0 Å². The molecule has 1 aliphatic rings. The number of aromatic nitrogens is 1. The third kappa shape index (κ3) is 1.81. The van der Waals surface area contributed by atoms with Gasteiger partial charge in [-0.1, -0.05) is 11.8 Å². The smallest absolute Gasteiger partial charge is 0.0428 e. The molecule has 1 saturated carbocycles. The first-order valence-corrected chi connectivity index (χ1v) is 3.87. The van der Waals surface area contributed by atoms with Gasteiger partial charge in [-0.05, 0) is 25.0 Å². The molecule has 1 heterocycles. The molecule has 1 aromatic heterocycles. The van der Waals surface area contributed by atoms with Crippen LogP contribution in [-0.4, -0.2) is 4.98 Å². The lowest BCUT2D eigenvalue weighted by Gasteiger charge is -1.84. The molecule has 2 rings (SSSR count). The van der Waals surface area contributed by atoms with Crippen molar-refractivity contribution in [3.8, 4) is 11.8 Å². The number of hydrogen-bond acceptors (Lipinski definition) is 1. The Balaban J connectivity index is 2.12. The van der Waals surface area contributed by atoms with E-state index in [-0.39, 0.29) is 0 Å². The Labute approximate surface area is 66.5 Å². The molecule has 0 saturated heterocycles. The van der Waals surface area contributed by atoms with Gasteiger partial charge in [0.25, 0.3) is 0 Å². The van der Waals surface area contributed by atoms with Crippen LogP contribution in [0.15, 0.2) is 24.5 Å². The lowest BCUT2D eigenvalue weighted by molar-refractivity contribution is 1.18. The van der Waals surface area contributed by atoms with Crippen LogP contribution in [0.3, 0.4) is 0 Å². The van der Waals surface area contributed by atoms with Gasteiger partial charge in [-0.25, -0.2) is 0 Å². The first-order chi connectivity index (χ1) is 5.45. The normalized spacial score (nSPS) is 15.3. The van der Waals surface area contributed by atoms with Crippen LogP contribution < -0.4 is 0 Å². The summed E-state index contributed by atoms with van der Waals surface area (Å²) in [4.78, 5) is 3.98. The predicted molar refractivity (Wildman–Crippen MR) is 43.8 cm³/mol. The summed E-state index contributed by atoms with van der Waals surface area (Å²) in [5.41, 5.74) is 1.03. The highest BCUT2D eigenvalue weighted by Crippen LogP contribution is 2.27. The fourth-order valence-electron chi connectivity index (χ4n) is 0.850. The van der Waals surface area contributed by atoms with Crippen LogP contribution in [0.2, 0.25) is 0 Å². The van der Waals surface area contributed by atoms with E-state index in [0.717, 1.165) is 5.56 Å². The zero-order valence-corrected chi connectivity index (χ0v) is 6.25. The van der Waals surface area contributed by atoms with Gasteiger partial charge in [0.15, 0.2) is 0 Å². The molecule has 1 aromatic rings. The molecule has 0 atom stereocenters. The van der Waals surface area contributed by atoms with Crippen molar-refractivity contribution >= 4 is 0 Å². The topological polar surface area (TPSA) is 12.9 Å². The molecule has 11 heavy (non-hydrogen) atoms. The van der Waals surface area contributed by atoms with E-state index in [9.17, 15) is 0 Å². The van der Waals surface area contributed by atoms with Crippen LogP contribution in [0.4, 0.5) is 0 Å². The van der Waals surface area contributed by atoms with Crippen molar-refractivity contribution in [3.63, 3.8) is 0 Å². The third-order valence-corrected chi connectivity index (χ3v) is 1.66. The summed E-state index contributed by atoms with van der Waals surface area (Å²) in [5, 5.41) is 0. The van der Waals surface area contributed by atoms with Gasteiger partial charge < -0.3 is 0 Å². The average molecular weight is 143 g/mol. The molecule has 0 aromatic carbocycles. The Morgan fingerprint density at radius 3 is 3.00 bits per heavy atom. The van der Waals surface area contributed by atoms with Gasteiger partial charge in [0.05, 0.1) is 0 Å². The van der Waals surface area contributed by atoms with Crippen LogP contribution in [0.1, 0.15) is 18.4 Å². The Kier molecular flexibility index (Phi) is 1.61. The minimum absolute atomic E-state index is 0.676. The third-order valence-electron chi connectivity index (χ3n) is 1.66. The molecule has 0 bridgehead atoms. The number of pyridine rings is 1. The molecule has 0 aliphatic heterocycles. The largest absolute Gasteiger partial charge is 0.263 e. The summed E-state index contributed by atoms with van der Waals surface area (Å²) in [7, 11) is 0.